The smallest absolute Gasteiger partial charge is 0.00182 e. The van der Waals surface area contributed by atoms with Crippen LogP contribution in [0.2, 0.25) is 0 Å². The highest BCUT2D eigenvalue weighted by atomic mass is 15.1. The fraction of sp³-hybridized carbons (Fsp3) is 0.800. The van der Waals surface area contributed by atoms with Gasteiger partial charge in [-0.15, -0.1) is 0 Å². The molecule has 0 rings (SSSR count). The van der Waals surface area contributed by atoms with E-state index in [4.69, 9.17) is 0 Å². The van der Waals surface area contributed by atoms with Gasteiger partial charge in [0.1, 0.15) is 0 Å². The lowest BCUT2D eigenvalue weighted by Gasteiger charge is -2.17. The van der Waals surface area contributed by atoms with Gasteiger partial charge in [-0.05, 0) is 25.9 Å². The minimum Gasteiger partial charge on any atom is -0.304 e. The first-order chi connectivity index (χ1) is 5.24. The predicted octanol–water partition coefficient (Wildman–Crippen LogP) is 2.68. The lowest BCUT2D eigenvalue weighted by atomic mass is 10.1. The average Bonchev–Trinajstić information content (AvgIpc) is 2.06. The Balaban J connectivity index is 3.42. The van der Waals surface area contributed by atoms with Crippen molar-refractivity contribution in [2.45, 2.75) is 33.6 Å². The molecule has 0 aromatic carbocycles. The Hall–Kier alpha value is -0.300. The molecule has 0 heterocycles. The van der Waals surface area contributed by atoms with Crippen molar-refractivity contribution in [3.63, 3.8) is 0 Å². The molecule has 1 nitrogen and oxygen atoms in total. The third-order valence-corrected chi connectivity index (χ3v) is 2.18. The van der Waals surface area contributed by atoms with Crippen LogP contribution in [0.25, 0.3) is 0 Å². The summed E-state index contributed by atoms with van der Waals surface area (Å²) >= 11 is 0. The van der Waals surface area contributed by atoms with Gasteiger partial charge < -0.3 is 4.90 Å². The molecule has 0 aliphatic carbocycles. The summed E-state index contributed by atoms with van der Waals surface area (Å²) in [4.78, 5) is 2.43. The fourth-order valence-electron chi connectivity index (χ4n) is 1.03. The third-order valence-electron chi connectivity index (χ3n) is 2.18. The summed E-state index contributed by atoms with van der Waals surface area (Å²) in [6.07, 6.45) is 2.29. The van der Waals surface area contributed by atoms with E-state index in [1.165, 1.54) is 12.1 Å². The molecule has 1 heteroatoms. The van der Waals surface area contributed by atoms with Gasteiger partial charge in [0, 0.05) is 6.54 Å². The molecule has 0 saturated carbocycles. The second-order valence-electron chi connectivity index (χ2n) is 2.88. The molecule has 0 fully saturated rings. The lowest BCUT2D eigenvalue weighted by Crippen LogP contribution is -2.24. The van der Waals surface area contributed by atoms with Crippen LogP contribution in [0, 0.1) is 0 Å². The SMILES string of the molecule is C=C(CC)CCN(CC)CC. The molecule has 0 atom stereocenters. The standard InChI is InChI=1S/C10H21N/c1-5-10(4)8-9-11(6-2)7-3/h4-9H2,1-3H3. The molecule has 0 amide bonds. The highest BCUT2D eigenvalue weighted by Crippen LogP contribution is 2.03. The van der Waals surface area contributed by atoms with Crippen LogP contribution in [0.4, 0.5) is 0 Å². The molecule has 66 valence electrons. The molecule has 0 N–H and O–H groups in total. The molecule has 0 spiro atoms. The molecule has 0 aromatic heterocycles. The number of hydrogen-bond acceptors (Lipinski definition) is 1. The van der Waals surface area contributed by atoms with E-state index in [1.807, 2.05) is 0 Å². The molecular weight excluding hydrogens is 134 g/mol. The van der Waals surface area contributed by atoms with Crippen molar-refractivity contribution in [2.75, 3.05) is 19.6 Å². The first-order valence-electron chi connectivity index (χ1n) is 4.63. The topological polar surface area (TPSA) is 3.24 Å². The van der Waals surface area contributed by atoms with E-state index in [0.717, 1.165) is 25.9 Å². The molecule has 0 aromatic rings. The van der Waals surface area contributed by atoms with Crippen molar-refractivity contribution < 1.29 is 0 Å². The summed E-state index contributed by atoms with van der Waals surface area (Å²) in [7, 11) is 0. The molecule has 0 saturated heterocycles. The summed E-state index contributed by atoms with van der Waals surface area (Å²) in [5, 5.41) is 0. The zero-order chi connectivity index (χ0) is 8.69. The molecule has 0 radical (unpaired) electrons. The van der Waals surface area contributed by atoms with Crippen LogP contribution in [0.3, 0.4) is 0 Å². The Morgan fingerprint density at radius 1 is 1.18 bits per heavy atom. The van der Waals surface area contributed by atoms with Crippen molar-refractivity contribution in [1.82, 2.24) is 4.90 Å². The van der Waals surface area contributed by atoms with Gasteiger partial charge in [0.25, 0.3) is 0 Å². The van der Waals surface area contributed by atoms with Crippen LogP contribution in [0.5, 0.6) is 0 Å². The van der Waals surface area contributed by atoms with Crippen LogP contribution in [-0.4, -0.2) is 24.5 Å². The van der Waals surface area contributed by atoms with Crippen molar-refractivity contribution >= 4 is 0 Å². The minimum atomic E-state index is 1.13. The van der Waals surface area contributed by atoms with E-state index >= 15 is 0 Å². The summed E-state index contributed by atoms with van der Waals surface area (Å²) in [5.74, 6) is 0. The van der Waals surface area contributed by atoms with Gasteiger partial charge in [0.05, 0.1) is 0 Å². The monoisotopic (exact) mass is 155 g/mol. The Morgan fingerprint density at radius 3 is 2.09 bits per heavy atom. The van der Waals surface area contributed by atoms with Gasteiger partial charge >= 0.3 is 0 Å². The number of rotatable bonds is 6. The molecular formula is C10H21N. The highest BCUT2D eigenvalue weighted by molar-refractivity contribution is 4.92. The molecule has 0 aliphatic heterocycles. The summed E-state index contributed by atoms with van der Waals surface area (Å²) < 4.78 is 0. The van der Waals surface area contributed by atoms with Crippen LogP contribution >= 0.6 is 0 Å². The zero-order valence-corrected chi connectivity index (χ0v) is 8.19. The summed E-state index contributed by atoms with van der Waals surface area (Å²) in [6.45, 7) is 14.1. The van der Waals surface area contributed by atoms with Gasteiger partial charge in [-0.2, -0.15) is 0 Å². The minimum absolute atomic E-state index is 1.13. The molecule has 0 aliphatic rings. The van der Waals surface area contributed by atoms with E-state index < -0.39 is 0 Å². The number of nitrogens with zero attached hydrogens (tertiary/aromatic N) is 1. The van der Waals surface area contributed by atoms with Crippen molar-refractivity contribution in [1.29, 1.82) is 0 Å². The van der Waals surface area contributed by atoms with E-state index in [0.29, 0.717) is 0 Å². The Kier molecular flexibility index (Phi) is 6.24. The van der Waals surface area contributed by atoms with Crippen LogP contribution in [0.15, 0.2) is 12.2 Å². The highest BCUT2D eigenvalue weighted by Gasteiger charge is 1.98. The van der Waals surface area contributed by atoms with Gasteiger partial charge in [-0.1, -0.05) is 32.9 Å². The van der Waals surface area contributed by atoms with Gasteiger partial charge in [-0.3, -0.25) is 0 Å². The Labute approximate surface area is 71.1 Å². The van der Waals surface area contributed by atoms with Crippen LogP contribution < -0.4 is 0 Å². The van der Waals surface area contributed by atoms with E-state index in [1.54, 1.807) is 0 Å². The first-order valence-corrected chi connectivity index (χ1v) is 4.63. The Bertz CT molecular complexity index is 103. The third kappa shape index (κ3) is 5.02. The second-order valence-corrected chi connectivity index (χ2v) is 2.88. The maximum atomic E-state index is 3.99. The van der Waals surface area contributed by atoms with Crippen LogP contribution in [0.1, 0.15) is 33.6 Å². The van der Waals surface area contributed by atoms with Gasteiger partial charge in [-0.25, -0.2) is 0 Å². The van der Waals surface area contributed by atoms with Crippen molar-refractivity contribution in [3.8, 4) is 0 Å². The molecule has 0 bridgehead atoms. The summed E-state index contributed by atoms with van der Waals surface area (Å²) in [5.41, 5.74) is 1.37. The fourth-order valence-corrected chi connectivity index (χ4v) is 1.03. The van der Waals surface area contributed by atoms with E-state index in [9.17, 15) is 0 Å². The van der Waals surface area contributed by atoms with Crippen molar-refractivity contribution in [3.05, 3.63) is 12.2 Å². The van der Waals surface area contributed by atoms with Gasteiger partial charge in [0.2, 0.25) is 0 Å². The Morgan fingerprint density at radius 2 is 1.73 bits per heavy atom. The quantitative estimate of drug-likeness (QED) is 0.533. The maximum Gasteiger partial charge on any atom is 0.00182 e. The zero-order valence-electron chi connectivity index (χ0n) is 8.19. The van der Waals surface area contributed by atoms with E-state index in [-0.39, 0.29) is 0 Å². The normalized spacial score (nSPS) is 10.5. The van der Waals surface area contributed by atoms with Gasteiger partial charge in [0.15, 0.2) is 0 Å². The average molecular weight is 155 g/mol. The number of hydrogen-bond donors (Lipinski definition) is 0. The maximum absolute atomic E-state index is 3.99. The van der Waals surface area contributed by atoms with E-state index in [2.05, 4.69) is 32.3 Å². The molecule has 11 heavy (non-hydrogen) atoms. The first kappa shape index (κ1) is 10.7. The summed E-state index contributed by atoms with van der Waals surface area (Å²) in [6, 6.07) is 0. The lowest BCUT2D eigenvalue weighted by molar-refractivity contribution is 0.307. The van der Waals surface area contributed by atoms with Crippen molar-refractivity contribution in [2.24, 2.45) is 0 Å². The van der Waals surface area contributed by atoms with Crippen LogP contribution in [-0.2, 0) is 0 Å². The largest absolute Gasteiger partial charge is 0.304 e. The predicted molar refractivity (Wildman–Crippen MR) is 51.8 cm³/mol. The second kappa shape index (κ2) is 6.41. The molecule has 0 unspecified atom stereocenters.